The molecular weight excluding hydrogens is 244 g/mol. The molecule has 1 N–H and O–H groups in total. The van der Waals surface area contributed by atoms with Gasteiger partial charge in [-0.15, -0.1) is 0 Å². The minimum absolute atomic E-state index is 0.310. The molecule has 3 heteroatoms. The molecule has 1 saturated carbocycles. The van der Waals surface area contributed by atoms with Crippen LogP contribution >= 0.6 is 0 Å². The van der Waals surface area contributed by atoms with Gasteiger partial charge in [-0.25, -0.2) is 8.78 Å². The quantitative estimate of drug-likeness (QED) is 0.826. The van der Waals surface area contributed by atoms with E-state index in [2.05, 4.69) is 26.1 Å². The molecule has 1 fully saturated rings. The zero-order valence-corrected chi connectivity index (χ0v) is 11.9. The van der Waals surface area contributed by atoms with Crippen molar-refractivity contribution in [1.82, 2.24) is 0 Å². The van der Waals surface area contributed by atoms with E-state index in [0.717, 1.165) is 12.5 Å². The average Bonchev–Trinajstić information content (AvgIpc) is 2.26. The monoisotopic (exact) mass is 267 g/mol. The lowest BCUT2D eigenvalue weighted by Crippen LogP contribution is -2.37. The first-order valence-electron chi connectivity index (χ1n) is 7.18. The van der Waals surface area contributed by atoms with E-state index < -0.39 is 11.6 Å². The van der Waals surface area contributed by atoms with Crippen molar-refractivity contribution < 1.29 is 8.78 Å². The second-order valence-electron chi connectivity index (χ2n) is 6.24. The van der Waals surface area contributed by atoms with Crippen LogP contribution in [0.15, 0.2) is 18.2 Å². The number of anilines is 1. The molecule has 0 aromatic heterocycles. The molecule has 1 aliphatic rings. The van der Waals surface area contributed by atoms with Crippen molar-refractivity contribution in [2.24, 2.45) is 17.8 Å². The standard InChI is InChI=1S/C16H23F2N/c1-10(2)15-5-4-11(3)6-16(15)19-14-8-12(17)7-13(18)9-14/h7-11,15-16,19H,4-6H2,1-3H3. The first kappa shape index (κ1) is 14.3. The zero-order valence-electron chi connectivity index (χ0n) is 11.9. The molecule has 0 aliphatic heterocycles. The number of nitrogens with one attached hydrogen (secondary N) is 1. The number of halogens is 2. The lowest BCUT2D eigenvalue weighted by atomic mass is 9.74. The Kier molecular flexibility index (Phi) is 4.43. The van der Waals surface area contributed by atoms with Gasteiger partial charge >= 0.3 is 0 Å². The predicted molar refractivity (Wildman–Crippen MR) is 75.1 cm³/mol. The SMILES string of the molecule is CC1CCC(C(C)C)C(Nc2cc(F)cc(F)c2)C1. The topological polar surface area (TPSA) is 12.0 Å². The highest BCUT2D eigenvalue weighted by Gasteiger charge is 2.30. The van der Waals surface area contributed by atoms with Gasteiger partial charge in [0, 0.05) is 17.8 Å². The summed E-state index contributed by atoms with van der Waals surface area (Å²) in [5.74, 6) is 0.789. The Labute approximate surface area is 114 Å². The molecule has 0 bridgehead atoms. The van der Waals surface area contributed by atoms with Gasteiger partial charge in [0.15, 0.2) is 0 Å². The molecule has 0 spiro atoms. The molecule has 0 radical (unpaired) electrons. The average molecular weight is 267 g/mol. The van der Waals surface area contributed by atoms with Gasteiger partial charge in [0.25, 0.3) is 0 Å². The molecule has 1 aliphatic carbocycles. The highest BCUT2D eigenvalue weighted by atomic mass is 19.1. The third kappa shape index (κ3) is 3.68. The summed E-state index contributed by atoms with van der Waals surface area (Å²) >= 11 is 0. The highest BCUT2D eigenvalue weighted by molar-refractivity contribution is 5.44. The van der Waals surface area contributed by atoms with Gasteiger partial charge in [0.2, 0.25) is 0 Å². The van der Waals surface area contributed by atoms with Crippen molar-refractivity contribution in [3.63, 3.8) is 0 Å². The summed E-state index contributed by atoms with van der Waals surface area (Å²) < 4.78 is 26.5. The molecule has 1 aromatic rings. The number of hydrogen-bond donors (Lipinski definition) is 1. The Hall–Kier alpha value is -1.12. The summed E-state index contributed by atoms with van der Waals surface area (Å²) in [5, 5.41) is 3.34. The summed E-state index contributed by atoms with van der Waals surface area (Å²) in [7, 11) is 0. The Morgan fingerprint density at radius 2 is 1.74 bits per heavy atom. The van der Waals surface area contributed by atoms with Gasteiger partial charge in [-0.2, -0.15) is 0 Å². The first-order chi connectivity index (χ1) is 8.95. The van der Waals surface area contributed by atoms with E-state index in [4.69, 9.17) is 0 Å². The number of benzene rings is 1. The van der Waals surface area contributed by atoms with E-state index in [1.54, 1.807) is 0 Å². The first-order valence-corrected chi connectivity index (χ1v) is 7.18. The lowest BCUT2D eigenvalue weighted by molar-refractivity contribution is 0.212. The third-order valence-electron chi connectivity index (χ3n) is 4.24. The summed E-state index contributed by atoms with van der Waals surface area (Å²) in [6, 6.07) is 3.97. The molecule has 3 unspecified atom stereocenters. The van der Waals surface area contributed by atoms with Crippen LogP contribution in [0.25, 0.3) is 0 Å². The van der Waals surface area contributed by atoms with Crippen molar-refractivity contribution in [2.45, 2.75) is 46.1 Å². The molecule has 106 valence electrons. The third-order valence-corrected chi connectivity index (χ3v) is 4.24. The van der Waals surface area contributed by atoms with Crippen LogP contribution in [0.5, 0.6) is 0 Å². The molecule has 1 aromatic carbocycles. The van der Waals surface area contributed by atoms with Gasteiger partial charge in [0.05, 0.1) is 0 Å². The maximum Gasteiger partial charge on any atom is 0.128 e. The van der Waals surface area contributed by atoms with Crippen molar-refractivity contribution >= 4 is 5.69 Å². The van der Waals surface area contributed by atoms with E-state index in [0.29, 0.717) is 29.5 Å². The van der Waals surface area contributed by atoms with Gasteiger partial charge < -0.3 is 5.32 Å². The Morgan fingerprint density at radius 1 is 1.11 bits per heavy atom. The van der Waals surface area contributed by atoms with Crippen molar-refractivity contribution in [3.05, 3.63) is 29.8 Å². The number of hydrogen-bond acceptors (Lipinski definition) is 1. The zero-order chi connectivity index (χ0) is 14.0. The molecular formula is C16H23F2N. The van der Waals surface area contributed by atoms with E-state index >= 15 is 0 Å². The second-order valence-corrected chi connectivity index (χ2v) is 6.24. The Bertz CT molecular complexity index is 411. The van der Waals surface area contributed by atoms with Gasteiger partial charge in [-0.1, -0.05) is 27.2 Å². The van der Waals surface area contributed by atoms with Crippen LogP contribution < -0.4 is 5.32 Å². The molecule has 3 atom stereocenters. The maximum atomic E-state index is 13.2. The molecule has 0 amide bonds. The Balaban J connectivity index is 2.13. The molecule has 0 saturated heterocycles. The molecule has 2 rings (SSSR count). The largest absolute Gasteiger partial charge is 0.382 e. The van der Waals surface area contributed by atoms with Crippen molar-refractivity contribution in [3.8, 4) is 0 Å². The van der Waals surface area contributed by atoms with Gasteiger partial charge in [-0.3, -0.25) is 0 Å². The van der Waals surface area contributed by atoms with Crippen LogP contribution in [0.4, 0.5) is 14.5 Å². The second kappa shape index (κ2) is 5.89. The van der Waals surface area contributed by atoms with Crippen molar-refractivity contribution in [2.75, 3.05) is 5.32 Å². The fourth-order valence-electron chi connectivity index (χ4n) is 3.22. The fourth-order valence-corrected chi connectivity index (χ4v) is 3.22. The van der Waals surface area contributed by atoms with E-state index in [-0.39, 0.29) is 0 Å². The lowest BCUT2D eigenvalue weighted by Gasteiger charge is -2.38. The molecule has 19 heavy (non-hydrogen) atoms. The number of rotatable bonds is 3. The van der Waals surface area contributed by atoms with Crippen LogP contribution in [0.2, 0.25) is 0 Å². The highest BCUT2D eigenvalue weighted by Crippen LogP contribution is 2.35. The minimum atomic E-state index is -0.521. The van der Waals surface area contributed by atoms with E-state index in [1.807, 2.05) is 0 Å². The van der Waals surface area contributed by atoms with Crippen molar-refractivity contribution in [1.29, 1.82) is 0 Å². The smallest absolute Gasteiger partial charge is 0.128 e. The summed E-state index contributed by atoms with van der Waals surface area (Å²) in [6.07, 6.45) is 3.51. The van der Waals surface area contributed by atoms with E-state index in [1.165, 1.54) is 25.0 Å². The minimum Gasteiger partial charge on any atom is -0.382 e. The van der Waals surface area contributed by atoms with Gasteiger partial charge in [0.1, 0.15) is 11.6 Å². The van der Waals surface area contributed by atoms with Gasteiger partial charge in [-0.05, 0) is 42.7 Å². The normalized spacial score (nSPS) is 27.6. The van der Waals surface area contributed by atoms with Crippen LogP contribution in [0, 0.1) is 29.4 Å². The fraction of sp³-hybridized carbons (Fsp3) is 0.625. The Morgan fingerprint density at radius 3 is 2.32 bits per heavy atom. The molecule has 0 heterocycles. The maximum absolute atomic E-state index is 13.2. The van der Waals surface area contributed by atoms with E-state index in [9.17, 15) is 8.78 Å². The summed E-state index contributed by atoms with van der Waals surface area (Å²) in [6.45, 7) is 6.69. The van der Waals surface area contributed by atoms with Crippen LogP contribution in [0.1, 0.15) is 40.0 Å². The van der Waals surface area contributed by atoms with Crippen LogP contribution in [-0.4, -0.2) is 6.04 Å². The summed E-state index contributed by atoms with van der Waals surface area (Å²) in [4.78, 5) is 0. The van der Waals surface area contributed by atoms with Crippen LogP contribution in [0.3, 0.4) is 0 Å². The summed E-state index contributed by atoms with van der Waals surface area (Å²) in [5.41, 5.74) is 0.558. The predicted octanol–water partition coefficient (Wildman–Crippen LogP) is 4.84. The molecule has 1 nitrogen and oxygen atoms in total. The van der Waals surface area contributed by atoms with Crippen LogP contribution in [-0.2, 0) is 0 Å².